The quantitative estimate of drug-likeness (QED) is 0.560. The number of aliphatic hydroxyl groups excluding tert-OH is 2. The van der Waals surface area contributed by atoms with E-state index < -0.39 is 41.3 Å². The average molecular weight is 379 g/mol. The van der Waals surface area contributed by atoms with Crippen molar-refractivity contribution in [1.29, 1.82) is 5.26 Å². The Morgan fingerprint density at radius 3 is 2.70 bits per heavy atom. The van der Waals surface area contributed by atoms with E-state index in [1.165, 1.54) is 0 Å². The number of carbonyl (C=O) groups is 1. The number of aromatic nitrogens is 2. The highest BCUT2D eigenvalue weighted by Gasteiger charge is 2.57. The van der Waals surface area contributed by atoms with Crippen LogP contribution >= 0.6 is 0 Å². The highest BCUT2D eigenvalue weighted by molar-refractivity contribution is 5.72. The molecule has 0 amide bonds. The van der Waals surface area contributed by atoms with Gasteiger partial charge in [-0.3, -0.25) is 19.1 Å². The number of aromatic amines is 1. The van der Waals surface area contributed by atoms with Crippen LogP contribution in [0.25, 0.3) is 0 Å². The van der Waals surface area contributed by atoms with Crippen molar-refractivity contribution in [2.45, 2.75) is 56.1 Å². The summed E-state index contributed by atoms with van der Waals surface area (Å²) in [5, 5.41) is 30.1. The van der Waals surface area contributed by atoms with Gasteiger partial charge in [-0.1, -0.05) is 19.3 Å². The highest BCUT2D eigenvalue weighted by atomic mass is 16.6. The molecule has 0 radical (unpaired) electrons. The Morgan fingerprint density at radius 2 is 2.07 bits per heavy atom. The van der Waals surface area contributed by atoms with Gasteiger partial charge in [0.2, 0.25) is 0 Å². The van der Waals surface area contributed by atoms with Gasteiger partial charge in [0.15, 0.2) is 0 Å². The van der Waals surface area contributed by atoms with E-state index in [9.17, 15) is 29.9 Å². The molecule has 1 aromatic rings. The molecule has 10 heteroatoms. The number of H-pyrrole nitrogens is 1. The monoisotopic (exact) mass is 379 g/mol. The SMILES string of the molecule is N#C[C@@]1(n2ccc(=O)[nH]c2=O)O[C@H](COC(=O)C2CCCCC2)C(O)C1O. The van der Waals surface area contributed by atoms with E-state index in [0.29, 0.717) is 4.57 Å². The van der Waals surface area contributed by atoms with E-state index in [1.807, 2.05) is 4.98 Å². The molecular weight excluding hydrogens is 358 g/mol. The zero-order valence-corrected chi connectivity index (χ0v) is 14.5. The molecule has 0 spiro atoms. The summed E-state index contributed by atoms with van der Waals surface area (Å²) < 4.78 is 11.4. The first-order valence-electron chi connectivity index (χ1n) is 8.83. The van der Waals surface area contributed by atoms with E-state index in [2.05, 4.69) is 0 Å². The fourth-order valence-corrected chi connectivity index (χ4v) is 3.58. The second-order valence-corrected chi connectivity index (χ2v) is 6.85. The minimum Gasteiger partial charge on any atom is -0.463 e. The van der Waals surface area contributed by atoms with Crippen LogP contribution in [-0.2, 0) is 20.0 Å². The maximum absolute atomic E-state index is 12.2. The zero-order valence-electron chi connectivity index (χ0n) is 14.5. The minimum atomic E-state index is -2.25. The highest BCUT2D eigenvalue weighted by Crippen LogP contribution is 2.34. The van der Waals surface area contributed by atoms with Crippen LogP contribution in [0.3, 0.4) is 0 Å². The van der Waals surface area contributed by atoms with Crippen molar-refractivity contribution in [2.75, 3.05) is 6.61 Å². The molecule has 0 aromatic carbocycles. The summed E-state index contributed by atoms with van der Waals surface area (Å²) in [6.07, 6.45) is 0.907. The van der Waals surface area contributed by atoms with Crippen molar-refractivity contribution < 1.29 is 24.5 Å². The first-order valence-corrected chi connectivity index (χ1v) is 8.83. The molecule has 2 fully saturated rings. The first-order chi connectivity index (χ1) is 12.9. The zero-order chi connectivity index (χ0) is 19.6. The van der Waals surface area contributed by atoms with Gasteiger partial charge < -0.3 is 19.7 Å². The van der Waals surface area contributed by atoms with Crippen LogP contribution < -0.4 is 11.2 Å². The van der Waals surface area contributed by atoms with E-state index >= 15 is 0 Å². The van der Waals surface area contributed by atoms with Gasteiger partial charge in [0.25, 0.3) is 11.3 Å². The Balaban J connectivity index is 1.76. The molecule has 1 aliphatic heterocycles. The summed E-state index contributed by atoms with van der Waals surface area (Å²) in [5.41, 5.74) is -3.91. The van der Waals surface area contributed by atoms with Crippen LogP contribution in [0.15, 0.2) is 21.9 Å². The number of hydrogen-bond donors (Lipinski definition) is 3. The third-order valence-corrected chi connectivity index (χ3v) is 5.11. The molecule has 10 nitrogen and oxygen atoms in total. The van der Waals surface area contributed by atoms with Gasteiger partial charge in [-0.2, -0.15) is 5.26 Å². The molecule has 1 aromatic heterocycles. The fourth-order valence-electron chi connectivity index (χ4n) is 3.58. The maximum atomic E-state index is 12.2. The van der Waals surface area contributed by atoms with Crippen molar-refractivity contribution in [2.24, 2.45) is 5.92 Å². The van der Waals surface area contributed by atoms with Gasteiger partial charge in [0.1, 0.15) is 31.0 Å². The predicted molar refractivity (Wildman–Crippen MR) is 89.3 cm³/mol. The van der Waals surface area contributed by atoms with Crippen molar-refractivity contribution in [3.8, 4) is 6.07 Å². The van der Waals surface area contributed by atoms with Crippen molar-refractivity contribution in [3.05, 3.63) is 33.1 Å². The lowest BCUT2D eigenvalue weighted by molar-refractivity contribution is -0.159. The number of nitriles is 1. The molecule has 4 atom stereocenters. The number of nitrogens with zero attached hydrogens (tertiary/aromatic N) is 2. The third kappa shape index (κ3) is 3.53. The molecular formula is C17H21N3O7. The molecule has 3 rings (SSSR count). The molecule has 1 saturated carbocycles. The average Bonchev–Trinajstić information content (AvgIpc) is 2.92. The van der Waals surface area contributed by atoms with Crippen LogP contribution in [0.2, 0.25) is 0 Å². The van der Waals surface area contributed by atoms with E-state index in [4.69, 9.17) is 9.47 Å². The lowest BCUT2D eigenvalue weighted by Gasteiger charge is -2.26. The molecule has 146 valence electrons. The number of ether oxygens (including phenoxy) is 2. The molecule has 2 unspecified atom stereocenters. The van der Waals surface area contributed by atoms with E-state index in [0.717, 1.165) is 44.4 Å². The number of rotatable bonds is 4. The summed E-state index contributed by atoms with van der Waals surface area (Å²) in [4.78, 5) is 37.4. The lowest BCUT2D eigenvalue weighted by Crippen LogP contribution is -2.50. The number of esters is 1. The molecule has 1 saturated heterocycles. The first kappa shape index (κ1) is 19.3. The van der Waals surface area contributed by atoms with Gasteiger partial charge in [-0.25, -0.2) is 4.79 Å². The van der Waals surface area contributed by atoms with E-state index in [-0.39, 0.29) is 12.5 Å². The summed E-state index contributed by atoms with van der Waals surface area (Å²) in [6.45, 7) is -0.366. The third-order valence-electron chi connectivity index (χ3n) is 5.11. The smallest absolute Gasteiger partial charge is 0.331 e. The van der Waals surface area contributed by atoms with Crippen LogP contribution in [0.1, 0.15) is 32.1 Å². The Bertz CT molecular complexity index is 851. The normalized spacial score (nSPS) is 31.4. The number of hydrogen-bond acceptors (Lipinski definition) is 8. The van der Waals surface area contributed by atoms with Crippen molar-refractivity contribution in [3.63, 3.8) is 0 Å². The van der Waals surface area contributed by atoms with Crippen molar-refractivity contribution in [1.82, 2.24) is 9.55 Å². The molecule has 3 N–H and O–H groups in total. The molecule has 0 bridgehead atoms. The van der Waals surface area contributed by atoms with Crippen LogP contribution in [0.5, 0.6) is 0 Å². The minimum absolute atomic E-state index is 0.204. The van der Waals surface area contributed by atoms with Crippen LogP contribution in [0.4, 0.5) is 0 Å². The van der Waals surface area contributed by atoms with Crippen LogP contribution in [0, 0.1) is 17.2 Å². The summed E-state index contributed by atoms with van der Waals surface area (Å²) in [5.74, 6) is -0.611. The molecule has 2 aliphatic rings. The summed E-state index contributed by atoms with van der Waals surface area (Å²) in [6, 6.07) is 2.67. The second kappa shape index (κ2) is 7.64. The Labute approximate surface area is 154 Å². The maximum Gasteiger partial charge on any atom is 0.331 e. The predicted octanol–water partition coefficient (Wildman–Crippen LogP) is -1.04. The molecule has 27 heavy (non-hydrogen) atoms. The van der Waals surface area contributed by atoms with Gasteiger partial charge in [0, 0.05) is 12.3 Å². The van der Waals surface area contributed by atoms with E-state index in [1.54, 1.807) is 6.07 Å². The fraction of sp³-hybridized carbons (Fsp3) is 0.647. The lowest BCUT2D eigenvalue weighted by atomic mass is 9.89. The second-order valence-electron chi connectivity index (χ2n) is 6.85. The summed E-state index contributed by atoms with van der Waals surface area (Å²) >= 11 is 0. The molecule has 2 heterocycles. The van der Waals surface area contributed by atoms with Gasteiger partial charge in [0.05, 0.1) is 5.92 Å². The molecule has 1 aliphatic carbocycles. The Kier molecular flexibility index (Phi) is 5.46. The largest absolute Gasteiger partial charge is 0.463 e. The topological polar surface area (TPSA) is 155 Å². The van der Waals surface area contributed by atoms with Gasteiger partial charge >= 0.3 is 11.7 Å². The number of carbonyl (C=O) groups excluding carboxylic acids is 1. The van der Waals surface area contributed by atoms with Crippen LogP contribution in [-0.4, -0.2) is 50.7 Å². The Hall–Kier alpha value is -2.48. The van der Waals surface area contributed by atoms with Crippen molar-refractivity contribution >= 4 is 5.97 Å². The Morgan fingerprint density at radius 1 is 1.37 bits per heavy atom. The standard InChI is InChI=1S/C17H21N3O7/c18-9-17(20-7-6-12(21)19-16(20)25)14(23)13(22)11(27-17)8-26-15(24)10-4-2-1-3-5-10/h6-7,10-11,13-14,22-23H,1-5,8H2,(H,19,21,25)/t11-,13?,14?,17-/m1/s1. The number of nitrogens with one attached hydrogen (secondary N) is 1. The van der Waals surface area contributed by atoms with Gasteiger partial charge in [-0.05, 0) is 12.8 Å². The summed E-state index contributed by atoms with van der Waals surface area (Å²) in [7, 11) is 0. The number of aliphatic hydroxyl groups is 2. The van der Waals surface area contributed by atoms with Gasteiger partial charge in [-0.15, -0.1) is 0 Å².